The van der Waals surface area contributed by atoms with Crippen LogP contribution in [0.25, 0.3) is 11.0 Å². The van der Waals surface area contributed by atoms with Crippen molar-refractivity contribution in [3.05, 3.63) is 64.3 Å². The summed E-state index contributed by atoms with van der Waals surface area (Å²) in [6.45, 7) is 10.1. The Kier molecular flexibility index (Phi) is 11.4. The molecule has 4 rings (SSSR count). The number of fused-ring (bicyclic) bond motifs is 1. The SMILES string of the molecule is CCCCCCCCCCn1c(=O)n(CCCCN2CCN(c3ccc(F)cc3)CC2)c2ccc(C(C)=O)cc21. The van der Waals surface area contributed by atoms with E-state index in [1.807, 2.05) is 39.5 Å². The van der Waals surface area contributed by atoms with Gasteiger partial charge in [-0.2, -0.15) is 0 Å². The predicted octanol–water partition coefficient (Wildman–Crippen LogP) is 6.89. The summed E-state index contributed by atoms with van der Waals surface area (Å²) in [5.41, 5.74) is 3.61. The summed E-state index contributed by atoms with van der Waals surface area (Å²) < 4.78 is 17.0. The number of unbranched alkanes of at least 4 members (excludes halogenated alkanes) is 8. The molecule has 0 saturated carbocycles. The van der Waals surface area contributed by atoms with E-state index >= 15 is 0 Å². The number of carbonyl (C=O) groups is 1. The van der Waals surface area contributed by atoms with Crippen LogP contribution in [-0.2, 0) is 13.1 Å². The second-order valence-electron chi connectivity index (χ2n) is 11.3. The molecule has 0 radical (unpaired) electrons. The fourth-order valence-electron chi connectivity index (χ4n) is 5.86. The van der Waals surface area contributed by atoms with E-state index in [0.29, 0.717) is 18.7 Å². The first-order chi connectivity index (χ1) is 19.5. The lowest BCUT2D eigenvalue weighted by Crippen LogP contribution is -2.46. The van der Waals surface area contributed by atoms with Gasteiger partial charge in [0.2, 0.25) is 0 Å². The van der Waals surface area contributed by atoms with Crippen molar-refractivity contribution in [1.82, 2.24) is 14.0 Å². The number of halogens is 1. The van der Waals surface area contributed by atoms with Crippen molar-refractivity contribution < 1.29 is 9.18 Å². The van der Waals surface area contributed by atoms with Crippen LogP contribution in [0.1, 0.15) is 88.4 Å². The van der Waals surface area contributed by atoms with Crippen molar-refractivity contribution in [2.75, 3.05) is 37.6 Å². The molecule has 0 spiro atoms. The monoisotopic (exact) mass is 550 g/mol. The van der Waals surface area contributed by atoms with Crippen LogP contribution in [0.2, 0.25) is 0 Å². The number of carbonyl (C=O) groups excluding carboxylic acids is 1. The largest absolute Gasteiger partial charge is 0.369 e. The minimum absolute atomic E-state index is 0.0280. The first kappa shape index (κ1) is 30.0. The summed E-state index contributed by atoms with van der Waals surface area (Å²) in [6, 6.07) is 12.5. The van der Waals surface area contributed by atoms with Gasteiger partial charge in [0.05, 0.1) is 11.0 Å². The third kappa shape index (κ3) is 8.06. The Balaban J connectivity index is 1.29. The number of aryl methyl sites for hydroxylation is 2. The zero-order valence-electron chi connectivity index (χ0n) is 24.5. The van der Waals surface area contributed by atoms with Gasteiger partial charge in [0.15, 0.2) is 5.78 Å². The van der Waals surface area contributed by atoms with Crippen LogP contribution in [0, 0.1) is 5.82 Å². The van der Waals surface area contributed by atoms with Gasteiger partial charge in [-0.25, -0.2) is 9.18 Å². The molecule has 1 saturated heterocycles. The molecule has 0 unspecified atom stereocenters. The van der Waals surface area contributed by atoms with E-state index in [1.54, 1.807) is 6.92 Å². The lowest BCUT2D eigenvalue weighted by molar-refractivity contribution is 0.101. The summed E-state index contributed by atoms with van der Waals surface area (Å²) in [7, 11) is 0. The normalized spacial score (nSPS) is 14.3. The molecule has 0 bridgehead atoms. The number of benzene rings is 2. The van der Waals surface area contributed by atoms with Crippen molar-refractivity contribution in [1.29, 1.82) is 0 Å². The van der Waals surface area contributed by atoms with Gasteiger partial charge in [-0.3, -0.25) is 18.8 Å². The van der Waals surface area contributed by atoms with Gasteiger partial charge in [0.1, 0.15) is 5.82 Å². The van der Waals surface area contributed by atoms with E-state index < -0.39 is 0 Å². The Labute approximate surface area is 238 Å². The molecule has 0 N–H and O–H groups in total. The lowest BCUT2D eigenvalue weighted by Gasteiger charge is -2.36. The summed E-state index contributed by atoms with van der Waals surface area (Å²) in [6.07, 6.45) is 11.8. The van der Waals surface area contributed by atoms with Crippen molar-refractivity contribution >= 4 is 22.5 Å². The highest BCUT2D eigenvalue weighted by atomic mass is 19.1. The molecule has 218 valence electrons. The molecule has 40 heavy (non-hydrogen) atoms. The highest BCUT2D eigenvalue weighted by Crippen LogP contribution is 2.20. The molecule has 2 aromatic carbocycles. The summed E-state index contributed by atoms with van der Waals surface area (Å²) in [5.74, 6) is -0.169. The topological polar surface area (TPSA) is 50.5 Å². The fourth-order valence-corrected chi connectivity index (χ4v) is 5.86. The fraction of sp³-hybridized carbons (Fsp3) is 0.576. The van der Waals surface area contributed by atoms with Crippen LogP contribution >= 0.6 is 0 Å². The molecule has 0 atom stereocenters. The van der Waals surface area contributed by atoms with Crippen LogP contribution in [0.15, 0.2) is 47.3 Å². The Morgan fingerprint density at radius 2 is 1.30 bits per heavy atom. The molecule has 7 heteroatoms. The van der Waals surface area contributed by atoms with E-state index in [9.17, 15) is 14.0 Å². The maximum atomic E-state index is 13.5. The number of nitrogens with zero attached hydrogens (tertiary/aromatic N) is 4. The van der Waals surface area contributed by atoms with Crippen LogP contribution < -0.4 is 10.6 Å². The molecule has 3 aromatic rings. The molecule has 1 aliphatic heterocycles. The second-order valence-corrected chi connectivity index (χ2v) is 11.3. The van der Waals surface area contributed by atoms with E-state index in [-0.39, 0.29) is 17.3 Å². The van der Waals surface area contributed by atoms with Gasteiger partial charge in [-0.15, -0.1) is 0 Å². The molecule has 1 aliphatic rings. The maximum Gasteiger partial charge on any atom is 0.329 e. The number of hydrogen-bond acceptors (Lipinski definition) is 4. The van der Waals surface area contributed by atoms with Gasteiger partial charge in [0, 0.05) is 50.5 Å². The third-order valence-electron chi connectivity index (χ3n) is 8.33. The molecule has 0 aliphatic carbocycles. The van der Waals surface area contributed by atoms with Crippen molar-refractivity contribution in [3.63, 3.8) is 0 Å². The predicted molar refractivity (Wildman–Crippen MR) is 163 cm³/mol. The standard InChI is InChI=1S/C33H47FN4O2/c1-3-4-5-6-7-8-9-10-20-38-32-26-28(27(2)39)13-18-31(32)37(33(38)40)21-12-11-19-35-22-24-36(25-23-35)30-16-14-29(34)15-17-30/h13-18,26H,3-12,19-25H2,1-2H3. The number of Topliss-reactive ketones (excluding diaryl/α,β-unsaturated/α-hetero) is 1. The third-order valence-corrected chi connectivity index (χ3v) is 8.33. The Hall–Kier alpha value is -2.93. The van der Waals surface area contributed by atoms with Crippen LogP contribution in [0.3, 0.4) is 0 Å². The minimum Gasteiger partial charge on any atom is -0.369 e. The van der Waals surface area contributed by atoms with E-state index in [1.165, 1.54) is 50.7 Å². The Bertz CT molecular complexity index is 1270. The van der Waals surface area contributed by atoms with E-state index in [0.717, 1.165) is 75.1 Å². The highest BCUT2D eigenvalue weighted by molar-refractivity contribution is 5.97. The Morgan fingerprint density at radius 1 is 0.725 bits per heavy atom. The lowest BCUT2D eigenvalue weighted by atomic mass is 10.1. The second kappa shape index (κ2) is 15.2. The number of ketones is 1. The molecule has 1 aromatic heterocycles. The summed E-state index contributed by atoms with van der Waals surface area (Å²) in [4.78, 5) is 30.3. The van der Waals surface area contributed by atoms with Gasteiger partial charge in [-0.05, 0) is 75.2 Å². The number of hydrogen-bond donors (Lipinski definition) is 0. The first-order valence-electron chi connectivity index (χ1n) is 15.4. The van der Waals surface area contributed by atoms with Gasteiger partial charge < -0.3 is 4.90 Å². The van der Waals surface area contributed by atoms with E-state index in [2.05, 4.69) is 16.7 Å². The van der Waals surface area contributed by atoms with Crippen LogP contribution in [0.4, 0.5) is 10.1 Å². The highest BCUT2D eigenvalue weighted by Gasteiger charge is 2.18. The first-order valence-corrected chi connectivity index (χ1v) is 15.4. The molecule has 0 amide bonds. The number of anilines is 1. The summed E-state index contributed by atoms with van der Waals surface area (Å²) >= 11 is 0. The maximum absolute atomic E-state index is 13.5. The zero-order valence-corrected chi connectivity index (χ0v) is 24.5. The zero-order chi connectivity index (χ0) is 28.3. The minimum atomic E-state index is -0.197. The Morgan fingerprint density at radius 3 is 1.95 bits per heavy atom. The molecule has 1 fully saturated rings. The average molecular weight is 551 g/mol. The average Bonchev–Trinajstić information content (AvgIpc) is 3.23. The molecule has 6 nitrogen and oxygen atoms in total. The number of aromatic nitrogens is 2. The summed E-state index contributed by atoms with van der Waals surface area (Å²) in [5, 5.41) is 0. The molecular formula is C33H47FN4O2. The van der Waals surface area contributed by atoms with Crippen molar-refractivity contribution in [2.45, 2.75) is 91.1 Å². The molecule has 2 heterocycles. The van der Waals surface area contributed by atoms with Gasteiger partial charge in [-0.1, -0.05) is 51.9 Å². The quantitative estimate of drug-likeness (QED) is 0.144. The molecular weight excluding hydrogens is 503 g/mol. The van der Waals surface area contributed by atoms with Crippen LogP contribution in [-0.4, -0.2) is 52.5 Å². The number of imidazole rings is 1. The smallest absolute Gasteiger partial charge is 0.329 e. The van der Waals surface area contributed by atoms with E-state index in [4.69, 9.17) is 0 Å². The van der Waals surface area contributed by atoms with Gasteiger partial charge >= 0.3 is 5.69 Å². The number of piperazine rings is 1. The van der Waals surface area contributed by atoms with Crippen molar-refractivity contribution in [3.8, 4) is 0 Å². The van der Waals surface area contributed by atoms with Crippen molar-refractivity contribution in [2.24, 2.45) is 0 Å². The number of rotatable bonds is 16. The van der Waals surface area contributed by atoms with Crippen LogP contribution in [0.5, 0.6) is 0 Å². The van der Waals surface area contributed by atoms with Gasteiger partial charge in [0.25, 0.3) is 0 Å².